The lowest BCUT2D eigenvalue weighted by Crippen LogP contribution is -2.00. The minimum atomic E-state index is 0.551. The van der Waals surface area contributed by atoms with E-state index in [0.29, 0.717) is 34.5 Å². The Hall–Kier alpha value is -7.84. The van der Waals surface area contributed by atoms with E-state index in [9.17, 15) is 0 Å². The van der Waals surface area contributed by atoms with Gasteiger partial charge in [0.25, 0.3) is 0 Å². The number of para-hydroxylation sites is 1. The predicted octanol–water partition coefficient (Wildman–Crippen LogP) is 11.9. The molecular formula is C48H28N6O2. The standard InChI is InChI=1S/C48H28N6O2/c1-2-8-33(9-3-1)48-51-42-39(28-40-38-12-6-7-13-41(38)55-43(40)44(42)56-48)37-19-18-34(35-10-4-5-11-36(35)37)29-14-16-30(17-15-29)45-52-46(31-20-24-49-25-21-31)54-47(53-45)32-22-26-50-27-23-32/h1-28H. The second-order valence-corrected chi connectivity index (χ2v) is 13.5. The highest BCUT2D eigenvalue weighted by atomic mass is 16.4. The van der Waals surface area contributed by atoms with Crippen LogP contribution in [0.5, 0.6) is 0 Å². The van der Waals surface area contributed by atoms with Gasteiger partial charge >= 0.3 is 0 Å². The molecule has 0 saturated carbocycles. The van der Waals surface area contributed by atoms with E-state index in [-0.39, 0.29) is 0 Å². The lowest BCUT2D eigenvalue weighted by molar-refractivity contribution is 0.603. The molecule has 0 bridgehead atoms. The van der Waals surface area contributed by atoms with Crippen LogP contribution in [-0.2, 0) is 0 Å². The molecule has 262 valence electrons. The van der Waals surface area contributed by atoms with E-state index in [0.717, 1.165) is 77.2 Å². The number of furan rings is 1. The van der Waals surface area contributed by atoms with Crippen molar-refractivity contribution in [2.45, 2.75) is 0 Å². The molecule has 56 heavy (non-hydrogen) atoms. The first kappa shape index (κ1) is 31.7. The molecule has 0 aliphatic heterocycles. The second kappa shape index (κ2) is 12.9. The fourth-order valence-electron chi connectivity index (χ4n) is 7.51. The fraction of sp³-hybridized carbons (Fsp3) is 0. The van der Waals surface area contributed by atoms with E-state index in [1.807, 2.05) is 72.8 Å². The maximum Gasteiger partial charge on any atom is 0.227 e. The number of rotatable bonds is 6. The van der Waals surface area contributed by atoms with Crippen molar-refractivity contribution < 1.29 is 8.83 Å². The molecule has 0 unspecified atom stereocenters. The minimum Gasteiger partial charge on any atom is -0.452 e. The predicted molar refractivity (Wildman–Crippen MR) is 220 cm³/mol. The van der Waals surface area contributed by atoms with Crippen molar-refractivity contribution in [1.29, 1.82) is 0 Å². The smallest absolute Gasteiger partial charge is 0.227 e. The number of hydrogen-bond donors (Lipinski definition) is 0. The van der Waals surface area contributed by atoms with Gasteiger partial charge < -0.3 is 8.83 Å². The quantitative estimate of drug-likeness (QED) is 0.167. The molecule has 0 aliphatic rings. The topological polar surface area (TPSA) is 104 Å². The summed E-state index contributed by atoms with van der Waals surface area (Å²) in [5, 5.41) is 4.24. The molecule has 5 aromatic heterocycles. The first-order valence-electron chi connectivity index (χ1n) is 18.3. The van der Waals surface area contributed by atoms with Gasteiger partial charge in [-0.1, -0.05) is 97.1 Å². The Morgan fingerprint density at radius 2 is 0.875 bits per heavy atom. The zero-order valence-electron chi connectivity index (χ0n) is 29.7. The average Bonchev–Trinajstić information content (AvgIpc) is 3.89. The zero-order chi connectivity index (χ0) is 37.0. The van der Waals surface area contributed by atoms with Gasteiger partial charge in [0, 0.05) is 63.4 Å². The van der Waals surface area contributed by atoms with Crippen molar-refractivity contribution in [3.63, 3.8) is 0 Å². The van der Waals surface area contributed by atoms with Gasteiger partial charge in [0.05, 0.1) is 0 Å². The van der Waals surface area contributed by atoms with E-state index >= 15 is 0 Å². The molecule has 8 nitrogen and oxygen atoms in total. The summed E-state index contributed by atoms with van der Waals surface area (Å²) >= 11 is 0. The summed E-state index contributed by atoms with van der Waals surface area (Å²) in [6.07, 6.45) is 6.96. The Bertz CT molecular complexity index is 3180. The molecule has 0 amide bonds. The fourth-order valence-corrected chi connectivity index (χ4v) is 7.51. The maximum atomic E-state index is 6.55. The number of nitrogens with zero attached hydrogens (tertiary/aromatic N) is 6. The second-order valence-electron chi connectivity index (χ2n) is 13.5. The summed E-state index contributed by atoms with van der Waals surface area (Å²) in [6.45, 7) is 0. The average molecular weight is 721 g/mol. The Kier molecular flexibility index (Phi) is 7.31. The normalized spacial score (nSPS) is 11.6. The Balaban J connectivity index is 1.04. The number of aromatic nitrogens is 6. The van der Waals surface area contributed by atoms with Crippen LogP contribution >= 0.6 is 0 Å². The first-order valence-corrected chi connectivity index (χ1v) is 18.3. The third-order valence-electron chi connectivity index (χ3n) is 10.2. The Morgan fingerprint density at radius 1 is 0.339 bits per heavy atom. The Morgan fingerprint density at radius 3 is 1.54 bits per heavy atom. The number of benzene rings is 6. The van der Waals surface area contributed by atoms with Crippen LogP contribution in [0.15, 0.2) is 179 Å². The molecule has 0 fully saturated rings. The molecule has 0 spiro atoms. The van der Waals surface area contributed by atoms with Gasteiger partial charge in [0.15, 0.2) is 28.6 Å². The van der Waals surface area contributed by atoms with Gasteiger partial charge in [0.1, 0.15) is 11.1 Å². The van der Waals surface area contributed by atoms with Crippen LogP contribution in [-0.4, -0.2) is 29.9 Å². The van der Waals surface area contributed by atoms with Crippen LogP contribution < -0.4 is 0 Å². The maximum absolute atomic E-state index is 6.55. The monoisotopic (exact) mass is 720 g/mol. The summed E-state index contributed by atoms with van der Waals surface area (Å²) in [7, 11) is 0. The van der Waals surface area contributed by atoms with Crippen molar-refractivity contribution in [2.75, 3.05) is 0 Å². The molecule has 5 heterocycles. The minimum absolute atomic E-state index is 0.551. The summed E-state index contributed by atoms with van der Waals surface area (Å²) in [4.78, 5) is 28.0. The van der Waals surface area contributed by atoms with Crippen molar-refractivity contribution in [3.8, 4) is 67.9 Å². The molecule has 0 radical (unpaired) electrons. The SMILES string of the molecule is c1ccc(-c2nc3c(-c4ccc(-c5ccc(-c6nc(-c7ccncc7)nc(-c7ccncc7)n6)cc5)c5ccccc45)cc4c5ccccc5oc4c3o2)cc1. The van der Waals surface area contributed by atoms with E-state index in [4.69, 9.17) is 28.8 Å². The lowest BCUT2D eigenvalue weighted by atomic mass is 9.91. The van der Waals surface area contributed by atoms with E-state index < -0.39 is 0 Å². The molecule has 0 saturated heterocycles. The largest absolute Gasteiger partial charge is 0.452 e. The summed E-state index contributed by atoms with van der Waals surface area (Å²) in [5.41, 5.74) is 10.6. The van der Waals surface area contributed by atoms with Gasteiger partial charge in [-0.15, -0.1) is 0 Å². The van der Waals surface area contributed by atoms with Crippen LogP contribution in [0, 0.1) is 0 Å². The number of pyridine rings is 2. The molecule has 11 aromatic rings. The highest BCUT2D eigenvalue weighted by Gasteiger charge is 2.22. The van der Waals surface area contributed by atoms with Crippen molar-refractivity contribution in [2.24, 2.45) is 0 Å². The number of hydrogen-bond acceptors (Lipinski definition) is 8. The number of fused-ring (bicyclic) bond motifs is 6. The molecule has 0 atom stereocenters. The highest BCUT2D eigenvalue weighted by molar-refractivity contribution is 6.19. The first-order chi connectivity index (χ1) is 27.7. The van der Waals surface area contributed by atoms with Crippen molar-refractivity contribution in [3.05, 3.63) is 170 Å². The van der Waals surface area contributed by atoms with Crippen LogP contribution in [0.25, 0.3) is 112 Å². The summed E-state index contributed by atoms with van der Waals surface area (Å²) < 4.78 is 13.0. The van der Waals surface area contributed by atoms with Gasteiger partial charge in [-0.25, -0.2) is 19.9 Å². The van der Waals surface area contributed by atoms with Gasteiger partial charge in [0.2, 0.25) is 5.89 Å². The van der Waals surface area contributed by atoms with E-state index in [1.54, 1.807) is 24.8 Å². The van der Waals surface area contributed by atoms with Crippen molar-refractivity contribution >= 4 is 43.8 Å². The molecule has 0 aliphatic carbocycles. The third kappa shape index (κ3) is 5.31. The Labute approximate surface area is 319 Å². The van der Waals surface area contributed by atoms with Crippen LogP contribution in [0.3, 0.4) is 0 Å². The van der Waals surface area contributed by atoms with E-state index in [1.165, 1.54) is 0 Å². The van der Waals surface area contributed by atoms with Crippen LogP contribution in [0.4, 0.5) is 0 Å². The molecule has 6 aromatic carbocycles. The van der Waals surface area contributed by atoms with Crippen molar-refractivity contribution in [1.82, 2.24) is 29.9 Å². The van der Waals surface area contributed by atoms with Gasteiger partial charge in [-0.05, 0) is 76.0 Å². The summed E-state index contributed by atoms with van der Waals surface area (Å²) in [5.74, 6) is 2.29. The lowest BCUT2D eigenvalue weighted by Gasteiger charge is -2.13. The highest BCUT2D eigenvalue weighted by Crippen LogP contribution is 2.44. The van der Waals surface area contributed by atoms with Crippen LogP contribution in [0.1, 0.15) is 0 Å². The van der Waals surface area contributed by atoms with Crippen LogP contribution in [0.2, 0.25) is 0 Å². The van der Waals surface area contributed by atoms with Gasteiger partial charge in [-0.2, -0.15) is 0 Å². The molecular weight excluding hydrogens is 693 g/mol. The summed E-state index contributed by atoms with van der Waals surface area (Å²) in [6, 6.07) is 49.2. The molecule has 11 rings (SSSR count). The molecule has 8 heteroatoms. The zero-order valence-corrected chi connectivity index (χ0v) is 29.7. The van der Waals surface area contributed by atoms with Gasteiger partial charge in [-0.3, -0.25) is 9.97 Å². The third-order valence-corrected chi connectivity index (χ3v) is 10.2. The molecule has 0 N–H and O–H groups in total. The number of oxazole rings is 1. The van der Waals surface area contributed by atoms with E-state index in [2.05, 4.69) is 82.8 Å².